The van der Waals surface area contributed by atoms with Crippen LogP contribution in [-0.2, 0) is 40.0 Å². The van der Waals surface area contributed by atoms with Crippen molar-refractivity contribution in [3.05, 3.63) is 29.8 Å². The molecule has 1 aliphatic rings. The predicted octanol–water partition coefficient (Wildman–Crippen LogP) is -1.83. The van der Waals surface area contributed by atoms with Crippen LogP contribution in [0.25, 0.3) is 0 Å². The van der Waals surface area contributed by atoms with Crippen LogP contribution >= 0.6 is 0 Å². The first-order valence-electron chi connectivity index (χ1n) is 19.9. The number of carboxylic acid groups (broad SMARTS) is 1. The maximum absolute atomic E-state index is 13.8. The number of carbonyl (C=O) groups excluding carboxylic acids is 6. The van der Waals surface area contributed by atoms with Crippen LogP contribution in [0.3, 0.4) is 0 Å². The van der Waals surface area contributed by atoms with Crippen LogP contribution in [0.15, 0.2) is 29.3 Å². The summed E-state index contributed by atoms with van der Waals surface area (Å²) in [6.45, 7) is 9.91. The van der Waals surface area contributed by atoms with E-state index in [0.717, 1.165) is 0 Å². The average Bonchev–Trinajstić information content (AvgIpc) is 3.65. The Morgan fingerprint density at radius 2 is 1.34 bits per heavy atom. The number of carbonyl (C=O) groups is 7. The number of hydrogen-bond acceptors (Lipinski definition) is 11. The lowest BCUT2D eigenvalue weighted by Gasteiger charge is -2.30. The Labute approximate surface area is 344 Å². The number of guanidine groups is 1. The topological polar surface area (TPSA) is 334 Å². The summed E-state index contributed by atoms with van der Waals surface area (Å²) < 4.78 is 0. The van der Waals surface area contributed by atoms with E-state index in [9.17, 15) is 48.9 Å². The summed E-state index contributed by atoms with van der Waals surface area (Å²) in [6, 6.07) is -2.54. The first-order valence-corrected chi connectivity index (χ1v) is 19.9. The van der Waals surface area contributed by atoms with Gasteiger partial charge < -0.3 is 64.0 Å². The second-order valence-corrected chi connectivity index (χ2v) is 15.9. The predicted molar refractivity (Wildman–Crippen MR) is 218 cm³/mol. The van der Waals surface area contributed by atoms with E-state index in [1.54, 1.807) is 39.8 Å². The molecule has 2 rings (SSSR count). The first kappa shape index (κ1) is 49.6. The summed E-state index contributed by atoms with van der Waals surface area (Å²) in [5, 5.41) is 42.4. The normalized spacial score (nSPS) is 16.9. The number of likely N-dealkylation sites (tertiary alicyclic amines) is 1. The van der Waals surface area contributed by atoms with Gasteiger partial charge in [-0.3, -0.25) is 33.8 Å². The van der Waals surface area contributed by atoms with Crippen LogP contribution in [0.2, 0.25) is 0 Å². The summed E-state index contributed by atoms with van der Waals surface area (Å²) in [4.78, 5) is 98.3. The van der Waals surface area contributed by atoms with Gasteiger partial charge in [0.15, 0.2) is 5.96 Å². The maximum atomic E-state index is 13.8. The van der Waals surface area contributed by atoms with Gasteiger partial charge in [0.2, 0.25) is 35.4 Å². The molecule has 20 heteroatoms. The largest absolute Gasteiger partial charge is 0.508 e. The van der Waals surface area contributed by atoms with Crippen LogP contribution in [0.4, 0.5) is 0 Å². The molecule has 7 atom stereocenters. The lowest BCUT2D eigenvalue weighted by Crippen LogP contribution is -2.61. The molecule has 0 radical (unpaired) electrons. The molecule has 59 heavy (non-hydrogen) atoms. The fourth-order valence-electron chi connectivity index (χ4n) is 6.53. The molecule has 1 aromatic carbocycles. The fourth-order valence-corrected chi connectivity index (χ4v) is 6.53. The van der Waals surface area contributed by atoms with E-state index in [1.165, 1.54) is 17.0 Å². The molecule has 1 fully saturated rings. The van der Waals surface area contributed by atoms with Crippen molar-refractivity contribution in [2.24, 2.45) is 39.9 Å². The van der Waals surface area contributed by atoms with Gasteiger partial charge in [-0.1, -0.05) is 53.7 Å². The zero-order valence-electron chi connectivity index (χ0n) is 34.8. The second-order valence-electron chi connectivity index (χ2n) is 15.9. The molecule has 20 nitrogen and oxygen atoms in total. The molecule has 1 saturated heterocycles. The Morgan fingerprint density at radius 3 is 1.86 bits per heavy atom. The highest BCUT2D eigenvalue weighted by Crippen LogP contribution is 2.21. The molecule has 0 saturated carbocycles. The lowest BCUT2D eigenvalue weighted by molar-refractivity contribution is -0.143. The number of aliphatic hydroxyl groups is 1. The number of nitrogens with two attached hydrogens (primary N) is 3. The Hall–Kier alpha value is -5.50. The number of aromatic hydroxyl groups is 1. The SMILES string of the molecule is CC(C)C[C@H](N)C(=O)N1CCC[C@H]1C(=O)N[C@@H](Cc1ccc(O)cc1)C(=O)N[C@@H](CO)C(=O)N[C@H](C(=O)N[C@H](C(=O)N[C@@H](CCCN=C(N)N)C(=O)O)C(C)C)C(C)C. The third-order valence-corrected chi connectivity index (χ3v) is 9.76. The Balaban J connectivity index is 2.23. The minimum absolute atomic E-state index is 0.000877. The number of nitrogens with one attached hydrogen (secondary N) is 5. The highest BCUT2D eigenvalue weighted by Gasteiger charge is 2.39. The van der Waals surface area contributed by atoms with Gasteiger partial charge in [-0.05, 0) is 67.6 Å². The number of aliphatic imine (C=N–C) groups is 1. The number of amides is 6. The van der Waals surface area contributed by atoms with Crippen LogP contribution < -0.4 is 43.8 Å². The van der Waals surface area contributed by atoms with Gasteiger partial charge in [-0.2, -0.15) is 0 Å². The Bertz CT molecular complexity index is 1630. The van der Waals surface area contributed by atoms with Crippen molar-refractivity contribution in [3.8, 4) is 5.75 Å². The summed E-state index contributed by atoms with van der Waals surface area (Å²) in [5.74, 6) is -6.80. The van der Waals surface area contributed by atoms with Gasteiger partial charge in [0.05, 0.1) is 12.6 Å². The highest BCUT2D eigenvalue weighted by atomic mass is 16.4. The second kappa shape index (κ2) is 23.8. The monoisotopic (exact) mass is 832 g/mol. The van der Waals surface area contributed by atoms with Gasteiger partial charge in [0.25, 0.3) is 0 Å². The summed E-state index contributed by atoms with van der Waals surface area (Å²) in [7, 11) is 0. The van der Waals surface area contributed by atoms with E-state index in [1.807, 2.05) is 13.8 Å². The average molecular weight is 833 g/mol. The summed E-state index contributed by atoms with van der Waals surface area (Å²) >= 11 is 0. The molecule has 0 aromatic heterocycles. The number of phenolic OH excluding ortho intramolecular Hbond substituents is 1. The minimum atomic E-state index is -1.60. The van der Waals surface area contributed by atoms with Gasteiger partial charge >= 0.3 is 5.97 Å². The molecular formula is C39H64N10O10. The molecule has 0 bridgehead atoms. The Kier molecular flexibility index (Phi) is 20.0. The van der Waals surface area contributed by atoms with Crippen molar-refractivity contribution in [2.45, 2.75) is 122 Å². The molecule has 6 amide bonds. The van der Waals surface area contributed by atoms with E-state index in [-0.39, 0.29) is 49.3 Å². The molecule has 1 aliphatic heterocycles. The summed E-state index contributed by atoms with van der Waals surface area (Å²) in [6.07, 6.45) is 1.44. The molecule has 1 aromatic rings. The zero-order valence-corrected chi connectivity index (χ0v) is 34.8. The number of benzene rings is 1. The number of aliphatic carboxylic acids is 1. The zero-order chi connectivity index (χ0) is 44.6. The third-order valence-electron chi connectivity index (χ3n) is 9.76. The van der Waals surface area contributed by atoms with Crippen molar-refractivity contribution in [1.82, 2.24) is 31.5 Å². The molecule has 330 valence electrons. The fraction of sp³-hybridized carbons (Fsp3) is 0.641. The number of rotatable bonds is 23. The number of nitrogens with zero attached hydrogens (tertiary/aromatic N) is 2. The van der Waals surface area contributed by atoms with Gasteiger partial charge in [-0.25, -0.2) is 4.79 Å². The molecule has 0 aliphatic carbocycles. The van der Waals surface area contributed by atoms with Gasteiger partial charge in [-0.15, -0.1) is 0 Å². The molecule has 0 spiro atoms. The molecule has 1 heterocycles. The highest BCUT2D eigenvalue weighted by molar-refractivity contribution is 5.97. The van der Waals surface area contributed by atoms with Crippen molar-refractivity contribution in [3.63, 3.8) is 0 Å². The number of hydrogen-bond donors (Lipinski definition) is 11. The number of carboxylic acids is 1. The molecule has 0 unspecified atom stereocenters. The lowest BCUT2D eigenvalue weighted by atomic mass is 9.98. The van der Waals surface area contributed by atoms with E-state index in [0.29, 0.717) is 31.4 Å². The standard InChI is InChI=1S/C39H64N10O10/c1-20(2)17-25(40)37(57)49-16-8-10-29(49)34(54)45-27(18-23-11-13-24(51)14-12-23)32(52)46-28(19-50)33(53)47-31(22(5)6)36(56)48-30(21(3)4)35(55)44-26(38(58)59)9-7-15-43-39(41)42/h11-14,20-22,25-31,50-51H,7-10,15-19,40H2,1-6H3,(H,44,55)(H,45,54)(H,46,52)(H,47,53)(H,48,56)(H,58,59)(H4,41,42,43)/t25-,26-,27-,28-,29-,30-,31-/m0/s1. The minimum Gasteiger partial charge on any atom is -0.508 e. The molecule has 14 N–H and O–H groups in total. The Morgan fingerprint density at radius 1 is 0.797 bits per heavy atom. The smallest absolute Gasteiger partial charge is 0.326 e. The molecular weight excluding hydrogens is 768 g/mol. The van der Waals surface area contributed by atoms with Gasteiger partial charge in [0, 0.05) is 19.5 Å². The van der Waals surface area contributed by atoms with Crippen LogP contribution in [0.1, 0.15) is 79.2 Å². The van der Waals surface area contributed by atoms with E-state index in [4.69, 9.17) is 17.2 Å². The van der Waals surface area contributed by atoms with Crippen molar-refractivity contribution in [1.29, 1.82) is 0 Å². The van der Waals surface area contributed by atoms with Crippen LogP contribution in [0, 0.1) is 17.8 Å². The quantitative estimate of drug-likeness (QED) is 0.0329. The third kappa shape index (κ3) is 16.0. The van der Waals surface area contributed by atoms with Crippen molar-refractivity contribution < 1.29 is 48.9 Å². The van der Waals surface area contributed by atoms with Crippen LogP contribution in [0.5, 0.6) is 5.75 Å². The van der Waals surface area contributed by atoms with Crippen molar-refractivity contribution in [2.75, 3.05) is 19.7 Å². The van der Waals surface area contributed by atoms with E-state index in [2.05, 4.69) is 31.6 Å². The maximum Gasteiger partial charge on any atom is 0.326 e. The van der Waals surface area contributed by atoms with Crippen LogP contribution in [-0.4, -0.2) is 130 Å². The van der Waals surface area contributed by atoms with E-state index < -0.39 is 96.2 Å². The van der Waals surface area contributed by atoms with Gasteiger partial charge in [0.1, 0.15) is 42.0 Å². The number of aliphatic hydroxyl groups excluding tert-OH is 1. The van der Waals surface area contributed by atoms with Crippen molar-refractivity contribution >= 4 is 47.4 Å². The van der Waals surface area contributed by atoms with E-state index >= 15 is 0 Å². The first-order chi connectivity index (χ1) is 27.7. The number of phenols is 1. The summed E-state index contributed by atoms with van der Waals surface area (Å²) in [5.41, 5.74) is 17.3.